The third-order valence-electron chi connectivity index (χ3n) is 7.48. The van der Waals surface area contributed by atoms with Gasteiger partial charge in [0.05, 0.1) is 77.6 Å². The summed E-state index contributed by atoms with van der Waals surface area (Å²) >= 11 is 0. The van der Waals surface area contributed by atoms with Gasteiger partial charge in [0.1, 0.15) is 18.0 Å². The summed E-state index contributed by atoms with van der Waals surface area (Å²) in [6, 6.07) is 6.79. The predicted octanol–water partition coefficient (Wildman–Crippen LogP) is 0.998. The lowest BCUT2D eigenvalue weighted by atomic mass is 10.0. The first kappa shape index (κ1) is 49.9. The van der Waals surface area contributed by atoms with Gasteiger partial charge in [0.25, 0.3) is 5.91 Å². The second-order valence-corrected chi connectivity index (χ2v) is 14.0. The molecule has 0 aliphatic heterocycles. The van der Waals surface area contributed by atoms with Crippen LogP contribution in [0.1, 0.15) is 32.3 Å². The minimum Gasteiger partial charge on any atom is -0.451 e. The fourth-order valence-electron chi connectivity index (χ4n) is 4.51. The van der Waals surface area contributed by atoms with E-state index >= 15 is 0 Å². The van der Waals surface area contributed by atoms with Gasteiger partial charge < -0.3 is 54.8 Å². The summed E-state index contributed by atoms with van der Waals surface area (Å²) in [5, 5.41) is 19.0. The summed E-state index contributed by atoms with van der Waals surface area (Å²) < 4.78 is 94.7. The number of nitrogens with one attached hydrogen (secondary N) is 1. The van der Waals surface area contributed by atoms with Gasteiger partial charge in [-0.1, -0.05) is 0 Å². The molecule has 0 fully saturated rings. The Kier molecular flexibility index (Phi) is 23.6. The van der Waals surface area contributed by atoms with Crippen molar-refractivity contribution in [3.05, 3.63) is 59.2 Å². The molecule has 2 aromatic rings. The van der Waals surface area contributed by atoms with E-state index in [1.165, 1.54) is 37.3 Å². The SMILES string of the molecule is CC(=O)C(O)C(O)C(=O)CCCOCCOCCOCCOCCOCCOCCNS(=O)(=O)c1ccc(Oc2c(F)cc(/C=C(\C)C(=O)N=C(N)N)cc2F)cc1. The Labute approximate surface area is 335 Å². The van der Waals surface area contributed by atoms with Crippen molar-refractivity contribution in [3.8, 4) is 11.5 Å². The molecule has 0 saturated carbocycles. The van der Waals surface area contributed by atoms with Crippen LogP contribution in [0.2, 0.25) is 0 Å². The summed E-state index contributed by atoms with van der Waals surface area (Å²) in [7, 11) is -3.92. The number of carbonyl (C=O) groups excluding carboxylic acids is 3. The Hall–Kier alpha value is -4.29. The highest BCUT2D eigenvalue weighted by Gasteiger charge is 2.26. The van der Waals surface area contributed by atoms with Crippen LogP contribution in [0.25, 0.3) is 6.08 Å². The molecule has 0 radical (unpaired) electrons. The summed E-state index contributed by atoms with van der Waals surface area (Å²) in [5.74, 6) is -5.41. The number of amides is 1. The molecule has 2 unspecified atom stereocenters. The molecule has 0 saturated heterocycles. The average molecular weight is 847 g/mol. The number of aliphatic hydroxyl groups is 2. The van der Waals surface area contributed by atoms with Crippen LogP contribution in [0.5, 0.6) is 11.5 Å². The minimum atomic E-state index is -3.92. The number of guanidine groups is 1. The summed E-state index contributed by atoms with van der Waals surface area (Å²) in [5.41, 5.74) is 10.4. The van der Waals surface area contributed by atoms with Crippen LogP contribution in [-0.2, 0) is 52.8 Å². The van der Waals surface area contributed by atoms with Crippen LogP contribution >= 0.6 is 0 Å². The van der Waals surface area contributed by atoms with Crippen molar-refractivity contribution in [1.82, 2.24) is 4.72 Å². The zero-order valence-electron chi connectivity index (χ0n) is 32.4. The lowest BCUT2D eigenvalue weighted by Crippen LogP contribution is -2.38. The molecule has 0 spiro atoms. The number of sulfonamides is 1. The van der Waals surface area contributed by atoms with Crippen molar-refractivity contribution < 1.29 is 75.0 Å². The number of rotatable bonds is 31. The van der Waals surface area contributed by atoms with Gasteiger partial charge in [-0.2, -0.15) is 4.99 Å². The molecule has 7 N–H and O–H groups in total. The van der Waals surface area contributed by atoms with Crippen molar-refractivity contribution in [2.45, 2.75) is 43.8 Å². The van der Waals surface area contributed by atoms with E-state index in [4.69, 9.17) is 44.6 Å². The topological polar surface area (TPSA) is 267 Å². The fourth-order valence-corrected chi connectivity index (χ4v) is 5.52. The van der Waals surface area contributed by atoms with Gasteiger partial charge in [0.2, 0.25) is 10.0 Å². The van der Waals surface area contributed by atoms with Gasteiger partial charge in [0.15, 0.2) is 34.9 Å². The van der Waals surface area contributed by atoms with Crippen LogP contribution < -0.4 is 20.9 Å². The highest BCUT2D eigenvalue weighted by Crippen LogP contribution is 2.30. The molecule has 324 valence electrons. The minimum absolute atomic E-state index is 0.0204. The van der Waals surface area contributed by atoms with E-state index < -0.39 is 63.0 Å². The molecule has 0 bridgehead atoms. The Morgan fingerprint density at radius 3 is 1.69 bits per heavy atom. The highest BCUT2D eigenvalue weighted by molar-refractivity contribution is 7.89. The molecular weight excluding hydrogens is 794 g/mol. The van der Waals surface area contributed by atoms with E-state index in [2.05, 4.69) is 9.71 Å². The molecule has 2 aromatic carbocycles. The first-order valence-electron chi connectivity index (χ1n) is 18.1. The Morgan fingerprint density at radius 2 is 1.22 bits per heavy atom. The van der Waals surface area contributed by atoms with Crippen LogP contribution in [0.15, 0.2) is 51.9 Å². The third kappa shape index (κ3) is 19.9. The summed E-state index contributed by atoms with van der Waals surface area (Å²) in [6.45, 7) is 5.97. The lowest BCUT2D eigenvalue weighted by Gasteiger charge is -2.13. The average Bonchev–Trinajstić information content (AvgIpc) is 3.17. The van der Waals surface area contributed by atoms with Crippen LogP contribution in [0.3, 0.4) is 0 Å². The number of aliphatic hydroxyl groups excluding tert-OH is 2. The molecule has 18 nitrogen and oxygen atoms in total. The van der Waals surface area contributed by atoms with Gasteiger partial charge in [-0.25, -0.2) is 21.9 Å². The standard InChI is InChI=1S/C37H52F2N4O14S/c1-25(36(48)43-37(40)41)22-27-23-30(38)35(31(39)24-27)57-28-5-7-29(8-6-28)58(49,50)42-9-11-52-13-15-54-17-19-56-21-20-55-18-16-53-14-12-51-10-3-4-32(45)34(47)33(46)26(2)44/h5-8,22-24,33-34,42,46-47H,3-4,9-21H2,1-2H3,(H4,40,41,43,48)/b25-22+. The third-order valence-corrected chi connectivity index (χ3v) is 8.96. The van der Waals surface area contributed by atoms with Crippen LogP contribution in [0, 0.1) is 11.6 Å². The van der Waals surface area contributed by atoms with E-state index in [9.17, 15) is 41.8 Å². The van der Waals surface area contributed by atoms with E-state index in [0.717, 1.165) is 19.1 Å². The van der Waals surface area contributed by atoms with Crippen molar-refractivity contribution in [3.63, 3.8) is 0 Å². The molecule has 2 rings (SSSR count). The number of Topliss-reactive ketones (excluding diaryl/α,β-unsaturated/α-hetero) is 2. The maximum Gasteiger partial charge on any atom is 0.275 e. The quantitative estimate of drug-likeness (QED) is 0.0307. The molecule has 0 aromatic heterocycles. The number of nitrogens with zero attached hydrogens (tertiary/aromatic N) is 1. The van der Waals surface area contributed by atoms with Crippen molar-refractivity contribution >= 4 is 39.5 Å². The molecule has 0 aliphatic rings. The number of nitrogens with two attached hydrogens (primary N) is 2. The van der Waals surface area contributed by atoms with Crippen molar-refractivity contribution in [2.75, 3.05) is 85.8 Å². The number of carbonyl (C=O) groups is 3. The molecule has 0 heterocycles. The Morgan fingerprint density at radius 1 is 0.759 bits per heavy atom. The normalized spacial score (nSPS) is 12.9. The second kappa shape index (κ2) is 27.4. The van der Waals surface area contributed by atoms with E-state index in [1.54, 1.807) is 0 Å². The highest BCUT2D eigenvalue weighted by atomic mass is 32.2. The first-order valence-corrected chi connectivity index (χ1v) is 19.5. The predicted molar refractivity (Wildman–Crippen MR) is 204 cm³/mol. The number of halogens is 2. The van der Waals surface area contributed by atoms with E-state index in [-0.39, 0.29) is 61.2 Å². The first-order chi connectivity index (χ1) is 27.6. The zero-order chi connectivity index (χ0) is 42.9. The van der Waals surface area contributed by atoms with Crippen molar-refractivity contribution in [2.24, 2.45) is 16.5 Å². The Bertz CT molecular complexity index is 1740. The molecule has 58 heavy (non-hydrogen) atoms. The van der Waals surface area contributed by atoms with Gasteiger partial charge in [-0.15, -0.1) is 0 Å². The van der Waals surface area contributed by atoms with Gasteiger partial charge in [-0.3, -0.25) is 14.4 Å². The number of benzene rings is 2. The van der Waals surface area contributed by atoms with Gasteiger partial charge >= 0.3 is 0 Å². The smallest absolute Gasteiger partial charge is 0.275 e. The fraction of sp³-hybridized carbons (Fsp3) is 0.514. The summed E-state index contributed by atoms with van der Waals surface area (Å²) in [4.78, 5) is 37.8. The summed E-state index contributed by atoms with van der Waals surface area (Å²) in [6.07, 6.45) is -1.92. The Balaban J connectivity index is 1.48. The maximum absolute atomic E-state index is 14.7. The number of ketones is 2. The lowest BCUT2D eigenvalue weighted by molar-refractivity contribution is -0.142. The van der Waals surface area contributed by atoms with Gasteiger partial charge in [-0.05, 0) is 68.3 Å². The number of aliphatic imine (C=N–C) groups is 1. The molecule has 21 heteroatoms. The van der Waals surface area contributed by atoms with E-state index in [0.29, 0.717) is 59.3 Å². The van der Waals surface area contributed by atoms with Gasteiger partial charge in [0, 0.05) is 25.1 Å². The number of ether oxygens (including phenoxy) is 7. The number of hydrogen-bond acceptors (Lipinski definition) is 14. The van der Waals surface area contributed by atoms with Crippen molar-refractivity contribution in [1.29, 1.82) is 0 Å². The monoisotopic (exact) mass is 846 g/mol. The molecular formula is C37H52F2N4O14S. The molecule has 1 amide bonds. The number of hydrogen-bond donors (Lipinski definition) is 5. The van der Waals surface area contributed by atoms with Crippen LogP contribution in [-0.4, -0.2) is 140 Å². The largest absolute Gasteiger partial charge is 0.451 e. The second-order valence-electron chi connectivity index (χ2n) is 12.2. The zero-order valence-corrected chi connectivity index (χ0v) is 33.2. The van der Waals surface area contributed by atoms with E-state index in [1.807, 2.05) is 0 Å². The molecule has 2 atom stereocenters. The molecule has 0 aliphatic carbocycles. The maximum atomic E-state index is 14.7. The van der Waals surface area contributed by atoms with Crippen LogP contribution in [0.4, 0.5) is 8.78 Å².